The molecule has 0 saturated heterocycles. The van der Waals surface area contributed by atoms with Crippen LogP contribution in [0.5, 0.6) is 0 Å². The second-order valence-electron chi connectivity index (χ2n) is 3.37. The fraction of sp³-hybridized carbons (Fsp3) is 0.300. The van der Waals surface area contributed by atoms with Crippen molar-refractivity contribution in [2.45, 2.75) is 5.92 Å². The number of rotatable bonds is 4. The molecule has 0 aliphatic carbocycles. The molecule has 0 spiro atoms. The molecular formula is C10H10Cl2F2N2O. The van der Waals surface area contributed by atoms with Crippen LogP contribution < -0.4 is 11.1 Å². The quantitative estimate of drug-likeness (QED) is 0.891. The van der Waals surface area contributed by atoms with Gasteiger partial charge in [-0.05, 0) is 18.2 Å². The normalized spacial score (nSPS) is 11.4. The number of nitrogens with one attached hydrogen (secondary N) is 1. The number of amides is 1. The Morgan fingerprint density at radius 1 is 1.41 bits per heavy atom. The fourth-order valence-electron chi connectivity index (χ4n) is 1.05. The lowest BCUT2D eigenvalue weighted by molar-refractivity contribution is 0.0118. The van der Waals surface area contributed by atoms with Gasteiger partial charge in [-0.25, -0.2) is 8.78 Å². The molecule has 0 atom stereocenters. The van der Waals surface area contributed by atoms with Crippen LogP contribution in [-0.2, 0) is 0 Å². The Hall–Kier alpha value is -0.910. The highest BCUT2D eigenvalue weighted by Gasteiger charge is 2.27. The zero-order chi connectivity index (χ0) is 13.1. The first-order valence-electron chi connectivity index (χ1n) is 4.67. The van der Waals surface area contributed by atoms with Crippen LogP contribution in [-0.4, -0.2) is 24.9 Å². The second kappa shape index (κ2) is 5.62. The average Bonchev–Trinajstić information content (AvgIpc) is 2.29. The van der Waals surface area contributed by atoms with Gasteiger partial charge in [0.2, 0.25) is 0 Å². The van der Waals surface area contributed by atoms with Crippen LogP contribution in [0.15, 0.2) is 18.2 Å². The van der Waals surface area contributed by atoms with E-state index < -0.39 is 24.9 Å². The Morgan fingerprint density at radius 3 is 2.65 bits per heavy atom. The Kier molecular flexibility index (Phi) is 4.68. The summed E-state index contributed by atoms with van der Waals surface area (Å²) in [6, 6.07) is 4.22. The minimum atomic E-state index is -3.14. The molecule has 17 heavy (non-hydrogen) atoms. The number of hydrogen-bond donors (Lipinski definition) is 2. The molecule has 0 aliphatic rings. The van der Waals surface area contributed by atoms with Crippen LogP contribution in [0.1, 0.15) is 10.4 Å². The number of nitrogens with two attached hydrogens (primary N) is 1. The average molecular weight is 283 g/mol. The standard InChI is InChI=1S/C10H10Cl2F2N2O/c11-6-1-2-8(12)7(3-6)9(17)16-5-10(13,14)4-15/h1-3H,4-5,15H2,(H,16,17). The molecule has 0 unspecified atom stereocenters. The molecule has 94 valence electrons. The molecule has 0 aliphatic heterocycles. The fourth-order valence-corrected chi connectivity index (χ4v) is 1.42. The molecule has 0 radical (unpaired) electrons. The van der Waals surface area contributed by atoms with Gasteiger partial charge in [-0.3, -0.25) is 4.79 Å². The van der Waals surface area contributed by atoms with Gasteiger partial charge in [-0.2, -0.15) is 0 Å². The van der Waals surface area contributed by atoms with E-state index in [1.165, 1.54) is 18.2 Å². The summed E-state index contributed by atoms with van der Waals surface area (Å²) in [6.45, 7) is -1.68. The lowest BCUT2D eigenvalue weighted by Crippen LogP contribution is -2.41. The van der Waals surface area contributed by atoms with E-state index in [-0.39, 0.29) is 10.6 Å². The first-order chi connectivity index (χ1) is 7.85. The summed E-state index contributed by atoms with van der Waals surface area (Å²) >= 11 is 11.4. The van der Waals surface area contributed by atoms with E-state index in [0.717, 1.165) is 0 Å². The third-order valence-corrected chi connectivity index (χ3v) is 2.54. The van der Waals surface area contributed by atoms with Crippen molar-refractivity contribution >= 4 is 29.1 Å². The predicted molar refractivity (Wildman–Crippen MR) is 62.8 cm³/mol. The van der Waals surface area contributed by atoms with E-state index in [9.17, 15) is 13.6 Å². The number of carbonyl (C=O) groups excluding carboxylic acids is 1. The van der Waals surface area contributed by atoms with E-state index in [0.29, 0.717) is 5.02 Å². The monoisotopic (exact) mass is 282 g/mol. The van der Waals surface area contributed by atoms with E-state index in [1.54, 1.807) is 0 Å². The maximum absolute atomic E-state index is 12.8. The second-order valence-corrected chi connectivity index (χ2v) is 4.21. The summed E-state index contributed by atoms with van der Waals surface area (Å²) in [5.41, 5.74) is 4.88. The summed E-state index contributed by atoms with van der Waals surface area (Å²) in [6.07, 6.45) is 0. The molecule has 1 aromatic rings. The van der Waals surface area contributed by atoms with E-state index in [2.05, 4.69) is 0 Å². The highest BCUT2D eigenvalue weighted by atomic mass is 35.5. The summed E-state index contributed by atoms with van der Waals surface area (Å²) in [7, 11) is 0. The van der Waals surface area contributed by atoms with Gasteiger partial charge in [0.1, 0.15) is 0 Å². The maximum Gasteiger partial charge on any atom is 0.277 e. The number of benzene rings is 1. The van der Waals surface area contributed by atoms with Gasteiger partial charge >= 0.3 is 0 Å². The van der Waals surface area contributed by atoms with E-state index >= 15 is 0 Å². The van der Waals surface area contributed by atoms with Crippen LogP contribution in [0.3, 0.4) is 0 Å². The molecule has 0 aromatic heterocycles. The number of hydrogen-bond acceptors (Lipinski definition) is 2. The van der Waals surface area contributed by atoms with Gasteiger partial charge in [0.05, 0.1) is 23.7 Å². The first-order valence-corrected chi connectivity index (χ1v) is 5.42. The molecule has 0 fully saturated rings. The van der Waals surface area contributed by atoms with Crippen molar-refractivity contribution in [2.75, 3.05) is 13.1 Å². The van der Waals surface area contributed by atoms with Crippen molar-refractivity contribution < 1.29 is 13.6 Å². The van der Waals surface area contributed by atoms with Crippen LogP contribution >= 0.6 is 23.2 Å². The molecule has 0 saturated carbocycles. The molecule has 3 N–H and O–H groups in total. The van der Waals surface area contributed by atoms with Crippen molar-refractivity contribution in [2.24, 2.45) is 5.73 Å². The zero-order valence-electron chi connectivity index (χ0n) is 8.64. The van der Waals surface area contributed by atoms with Gasteiger partial charge in [0.25, 0.3) is 11.8 Å². The molecule has 1 rings (SSSR count). The topological polar surface area (TPSA) is 55.1 Å². The summed E-state index contributed by atoms with van der Waals surface area (Å²) in [4.78, 5) is 11.6. The van der Waals surface area contributed by atoms with Crippen LogP contribution in [0, 0.1) is 0 Å². The van der Waals surface area contributed by atoms with Crippen LogP contribution in [0.2, 0.25) is 10.0 Å². The Labute approximate surface area is 107 Å². The van der Waals surface area contributed by atoms with Gasteiger partial charge in [-0.1, -0.05) is 23.2 Å². The van der Waals surface area contributed by atoms with E-state index in [1.807, 2.05) is 5.32 Å². The Bertz CT molecular complexity index is 427. The zero-order valence-corrected chi connectivity index (χ0v) is 10.2. The first kappa shape index (κ1) is 14.2. The third kappa shape index (κ3) is 4.11. The Balaban J connectivity index is 2.74. The van der Waals surface area contributed by atoms with Gasteiger partial charge in [-0.15, -0.1) is 0 Å². The predicted octanol–water partition coefficient (Wildman–Crippen LogP) is 2.32. The minimum Gasteiger partial charge on any atom is -0.346 e. The molecule has 0 heterocycles. The summed E-state index contributed by atoms with van der Waals surface area (Å²) in [5, 5.41) is 2.48. The highest BCUT2D eigenvalue weighted by Crippen LogP contribution is 2.20. The van der Waals surface area contributed by atoms with Crippen LogP contribution in [0.4, 0.5) is 8.78 Å². The molecular weight excluding hydrogens is 273 g/mol. The third-order valence-electron chi connectivity index (χ3n) is 1.98. The summed E-state index contributed by atoms with van der Waals surface area (Å²) < 4.78 is 25.6. The van der Waals surface area contributed by atoms with Gasteiger partial charge < -0.3 is 11.1 Å². The molecule has 7 heteroatoms. The Morgan fingerprint density at radius 2 is 2.06 bits per heavy atom. The SMILES string of the molecule is NCC(F)(F)CNC(=O)c1cc(Cl)ccc1Cl. The number of carbonyl (C=O) groups is 1. The van der Waals surface area contributed by atoms with Crippen molar-refractivity contribution in [3.63, 3.8) is 0 Å². The smallest absolute Gasteiger partial charge is 0.277 e. The van der Waals surface area contributed by atoms with Crippen molar-refractivity contribution in [3.05, 3.63) is 33.8 Å². The largest absolute Gasteiger partial charge is 0.346 e. The molecule has 0 bridgehead atoms. The molecule has 1 aromatic carbocycles. The van der Waals surface area contributed by atoms with Gasteiger partial charge in [0.15, 0.2) is 0 Å². The summed E-state index contributed by atoms with van der Waals surface area (Å²) in [5.74, 6) is -3.86. The maximum atomic E-state index is 12.8. The van der Waals surface area contributed by atoms with Crippen molar-refractivity contribution in [3.8, 4) is 0 Å². The number of halogens is 4. The lowest BCUT2D eigenvalue weighted by Gasteiger charge is -2.14. The van der Waals surface area contributed by atoms with Crippen LogP contribution in [0.25, 0.3) is 0 Å². The highest BCUT2D eigenvalue weighted by molar-refractivity contribution is 6.35. The molecule has 3 nitrogen and oxygen atoms in total. The number of alkyl halides is 2. The van der Waals surface area contributed by atoms with Crippen molar-refractivity contribution in [1.82, 2.24) is 5.32 Å². The minimum absolute atomic E-state index is 0.0481. The van der Waals surface area contributed by atoms with Gasteiger partial charge in [0, 0.05) is 5.02 Å². The lowest BCUT2D eigenvalue weighted by atomic mass is 10.2. The van der Waals surface area contributed by atoms with Crippen molar-refractivity contribution in [1.29, 1.82) is 0 Å². The van der Waals surface area contributed by atoms with E-state index in [4.69, 9.17) is 28.9 Å². The molecule has 1 amide bonds.